The molecule has 0 saturated heterocycles. The minimum atomic E-state index is -0.171. The van der Waals surface area contributed by atoms with Gasteiger partial charge in [-0.05, 0) is 13.3 Å². The number of carbonyl (C=O) groups is 1. The standard InChI is InChI=1S/C14H25N3O2/c1-3-4-5-6-7-11(2)16-14(18)12-10-19-13(17-12)8-9-15/h10-11H,3-9,15H2,1-2H3,(H,16,18). The van der Waals surface area contributed by atoms with Crippen LogP contribution in [-0.4, -0.2) is 23.5 Å². The average molecular weight is 267 g/mol. The van der Waals surface area contributed by atoms with Crippen LogP contribution in [0.15, 0.2) is 10.7 Å². The summed E-state index contributed by atoms with van der Waals surface area (Å²) in [6.07, 6.45) is 7.80. The Morgan fingerprint density at radius 2 is 2.26 bits per heavy atom. The molecule has 0 aliphatic carbocycles. The lowest BCUT2D eigenvalue weighted by atomic mass is 10.1. The van der Waals surface area contributed by atoms with Crippen molar-refractivity contribution < 1.29 is 9.21 Å². The first-order chi connectivity index (χ1) is 9.17. The van der Waals surface area contributed by atoms with Crippen LogP contribution >= 0.6 is 0 Å². The highest BCUT2D eigenvalue weighted by atomic mass is 16.3. The molecule has 0 radical (unpaired) electrons. The molecule has 0 fully saturated rings. The van der Waals surface area contributed by atoms with E-state index in [2.05, 4.69) is 17.2 Å². The summed E-state index contributed by atoms with van der Waals surface area (Å²) in [5.41, 5.74) is 5.74. The highest BCUT2D eigenvalue weighted by Gasteiger charge is 2.14. The molecule has 108 valence electrons. The first kappa shape index (κ1) is 15.7. The van der Waals surface area contributed by atoms with Gasteiger partial charge in [-0.15, -0.1) is 0 Å². The fraction of sp³-hybridized carbons (Fsp3) is 0.714. The van der Waals surface area contributed by atoms with E-state index >= 15 is 0 Å². The van der Waals surface area contributed by atoms with E-state index in [9.17, 15) is 4.79 Å². The maximum Gasteiger partial charge on any atom is 0.273 e. The molecule has 0 saturated carbocycles. The first-order valence-electron chi connectivity index (χ1n) is 7.12. The van der Waals surface area contributed by atoms with Crippen LogP contribution in [0, 0.1) is 0 Å². The smallest absolute Gasteiger partial charge is 0.273 e. The van der Waals surface area contributed by atoms with Crippen LogP contribution in [0.5, 0.6) is 0 Å². The summed E-state index contributed by atoms with van der Waals surface area (Å²) in [6, 6.07) is 0.166. The molecular weight excluding hydrogens is 242 g/mol. The van der Waals surface area contributed by atoms with Gasteiger partial charge in [-0.25, -0.2) is 4.98 Å². The third-order valence-electron chi connectivity index (χ3n) is 3.01. The van der Waals surface area contributed by atoms with Crippen LogP contribution in [0.2, 0.25) is 0 Å². The summed E-state index contributed by atoms with van der Waals surface area (Å²) >= 11 is 0. The topological polar surface area (TPSA) is 81.2 Å². The SMILES string of the molecule is CCCCCCC(C)NC(=O)c1coc(CCN)n1. The fourth-order valence-electron chi connectivity index (χ4n) is 1.90. The number of unbranched alkanes of at least 4 members (excludes halogenated alkanes) is 3. The van der Waals surface area contributed by atoms with Crippen LogP contribution in [0.4, 0.5) is 0 Å². The molecule has 1 aromatic rings. The molecule has 1 atom stereocenters. The lowest BCUT2D eigenvalue weighted by Gasteiger charge is -2.12. The summed E-state index contributed by atoms with van der Waals surface area (Å²) in [4.78, 5) is 16.0. The van der Waals surface area contributed by atoms with E-state index in [1.165, 1.54) is 25.5 Å². The molecule has 19 heavy (non-hydrogen) atoms. The van der Waals surface area contributed by atoms with Gasteiger partial charge in [-0.2, -0.15) is 0 Å². The van der Waals surface area contributed by atoms with E-state index in [0.29, 0.717) is 24.6 Å². The molecule has 1 rings (SSSR count). The Kier molecular flexibility index (Phi) is 7.18. The number of rotatable bonds is 9. The Morgan fingerprint density at radius 3 is 2.95 bits per heavy atom. The largest absolute Gasteiger partial charge is 0.448 e. The van der Waals surface area contributed by atoms with Crippen LogP contribution in [0.1, 0.15) is 62.3 Å². The van der Waals surface area contributed by atoms with Crippen LogP contribution in [-0.2, 0) is 6.42 Å². The molecule has 5 heteroatoms. The number of nitrogens with zero attached hydrogens (tertiary/aromatic N) is 1. The molecule has 0 aliphatic heterocycles. The highest BCUT2D eigenvalue weighted by molar-refractivity contribution is 5.92. The first-order valence-corrected chi connectivity index (χ1v) is 7.12. The van der Waals surface area contributed by atoms with Gasteiger partial charge in [-0.1, -0.05) is 32.6 Å². The van der Waals surface area contributed by atoms with E-state index in [1.54, 1.807) is 0 Å². The molecule has 0 aliphatic rings. The zero-order valence-corrected chi connectivity index (χ0v) is 11.9. The van der Waals surface area contributed by atoms with Crippen molar-refractivity contribution in [1.82, 2.24) is 10.3 Å². The molecule has 5 nitrogen and oxygen atoms in total. The summed E-state index contributed by atoms with van der Waals surface area (Å²) in [5, 5.41) is 2.94. The van der Waals surface area contributed by atoms with Gasteiger partial charge in [0.25, 0.3) is 5.91 Å². The number of oxazole rings is 1. The van der Waals surface area contributed by atoms with Crippen molar-refractivity contribution >= 4 is 5.91 Å². The summed E-state index contributed by atoms with van der Waals surface area (Å²) < 4.78 is 5.17. The van der Waals surface area contributed by atoms with E-state index in [1.807, 2.05) is 6.92 Å². The second kappa shape index (κ2) is 8.69. The van der Waals surface area contributed by atoms with E-state index in [4.69, 9.17) is 10.2 Å². The Balaban J connectivity index is 2.32. The predicted molar refractivity (Wildman–Crippen MR) is 74.9 cm³/mol. The normalized spacial score (nSPS) is 12.4. The lowest BCUT2D eigenvalue weighted by molar-refractivity contribution is 0.0932. The molecular formula is C14H25N3O2. The highest BCUT2D eigenvalue weighted by Crippen LogP contribution is 2.07. The fourth-order valence-corrected chi connectivity index (χ4v) is 1.90. The van der Waals surface area contributed by atoms with Crippen molar-refractivity contribution in [3.8, 4) is 0 Å². The molecule has 0 bridgehead atoms. The van der Waals surface area contributed by atoms with E-state index < -0.39 is 0 Å². The third kappa shape index (κ3) is 5.87. The minimum Gasteiger partial charge on any atom is -0.448 e. The van der Waals surface area contributed by atoms with Gasteiger partial charge >= 0.3 is 0 Å². The Morgan fingerprint density at radius 1 is 1.47 bits per heavy atom. The van der Waals surface area contributed by atoms with Crippen molar-refractivity contribution in [2.24, 2.45) is 5.73 Å². The van der Waals surface area contributed by atoms with Crippen molar-refractivity contribution in [2.75, 3.05) is 6.54 Å². The summed E-state index contributed by atoms with van der Waals surface area (Å²) in [5.74, 6) is 0.346. The quantitative estimate of drug-likeness (QED) is 0.672. The second-order valence-electron chi connectivity index (χ2n) is 4.89. The van der Waals surface area contributed by atoms with Crippen molar-refractivity contribution in [1.29, 1.82) is 0 Å². The molecule has 0 aromatic carbocycles. The van der Waals surface area contributed by atoms with Gasteiger partial charge < -0.3 is 15.5 Å². The monoisotopic (exact) mass is 267 g/mol. The number of hydrogen-bond donors (Lipinski definition) is 2. The molecule has 1 unspecified atom stereocenters. The molecule has 1 heterocycles. The van der Waals surface area contributed by atoms with Crippen LogP contribution < -0.4 is 11.1 Å². The number of nitrogens with one attached hydrogen (secondary N) is 1. The predicted octanol–water partition coefficient (Wildman–Crippen LogP) is 2.26. The number of nitrogens with two attached hydrogens (primary N) is 1. The number of aromatic nitrogens is 1. The van der Waals surface area contributed by atoms with Crippen molar-refractivity contribution in [3.05, 3.63) is 17.8 Å². The minimum absolute atomic E-state index is 0.166. The molecule has 1 aromatic heterocycles. The van der Waals surface area contributed by atoms with Crippen molar-refractivity contribution in [3.63, 3.8) is 0 Å². The maximum absolute atomic E-state index is 11.9. The van der Waals surface area contributed by atoms with Crippen LogP contribution in [0.25, 0.3) is 0 Å². The average Bonchev–Trinajstić information content (AvgIpc) is 2.84. The Bertz CT molecular complexity index is 377. The van der Waals surface area contributed by atoms with Crippen molar-refractivity contribution in [2.45, 2.75) is 58.4 Å². The zero-order chi connectivity index (χ0) is 14.1. The number of amides is 1. The van der Waals surface area contributed by atoms with E-state index in [0.717, 1.165) is 12.8 Å². The van der Waals surface area contributed by atoms with Gasteiger partial charge in [0, 0.05) is 19.0 Å². The second-order valence-corrected chi connectivity index (χ2v) is 4.89. The molecule has 3 N–H and O–H groups in total. The van der Waals surface area contributed by atoms with Crippen LogP contribution in [0.3, 0.4) is 0 Å². The van der Waals surface area contributed by atoms with Gasteiger partial charge in [0.05, 0.1) is 0 Å². The van der Waals surface area contributed by atoms with E-state index in [-0.39, 0.29) is 11.9 Å². The molecule has 1 amide bonds. The van der Waals surface area contributed by atoms with Gasteiger partial charge in [0.15, 0.2) is 11.6 Å². The zero-order valence-electron chi connectivity index (χ0n) is 11.9. The Labute approximate surface area is 115 Å². The van der Waals surface area contributed by atoms with Gasteiger partial charge in [0.2, 0.25) is 0 Å². The number of carbonyl (C=O) groups excluding carboxylic acids is 1. The summed E-state index contributed by atoms with van der Waals surface area (Å²) in [6.45, 7) is 4.68. The lowest BCUT2D eigenvalue weighted by Crippen LogP contribution is -2.32. The number of hydrogen-bond acceptors (Lipinski definition) is 4. The van der Waals surface area contributed by atoms with Gasteiger partial charge in [-0.3, -0.25) is 4.79 Å². The van der Waals surface area contributed by atoms with Gasteiger partial charge in [0.1, 0.15) is 6.26 Å². The summed E-state index contributed by atoms with van der Waals surface area (Å²) in [7, 11) is 0. The maximum atomic E-state index is 11.9. The third-order valence-corrected chi connectivity index (χ3v) is 3.01. The molecule has 0 spiro atoms. The Hall–Kier alpha value is -1.36.